The molecule has 0 aromatic rings. The summed E-state index contributed by atoms with van der Waals surface area (Å²) in [5.41, 5.74) is 1.37. The number of carbonyl (C=O) groups is 2. The summed E-state index contributed by atoms with van der Waals surface area (Å²) in [5.74, 6) is -0.0995. The fourth-order valence-electron chi connectivity index (χ4n) is 1.02. The number of amides is 1. The molecular weight excluding hydrogens is 270 g/mol. The fraction of sp³-hybridized carbons (Fsp3) is 0.500. The summed E-state index contributed by atoms with van der Waals surface area (Å²) in [6, 6.07) is 0. The summed E-state index contributed by atoms with van der Waals surface area (Å²) >= 11 is 3.78. The molecule has 0 aromatic heterocycles. The van der Waals surface area contributed by atoms with Crippen molar-refractivity contribution in [2.75, 3.05) is 6.54 Å². The van der Waals surface area contributed by atoms with Crippen LogP contribution in [-0.2, 0) is 9.59 Å². The van der Waals surface area contributed by atoms with Crippen LogP contribution in [-0.4, -0.2) is 17.6 Å². The predicted molar refractivity (Wildman–Crippen MR) is 92.0 cm³/mol. The monoisotopic (exact) mass is 299 g/mol. The van der Waals surface area contributed by atoms with Crippen LogP contribution in [0, 0.1) is 0 Å². The first kappa shape index (κ1) is 23.8. The topological polar surface area (TPSA) is 46.2 Å². The molecule has 0 rings (SSSR count). The first-order chi connectivity index (χ1) is 9.51. The van der Waals surface area contributed by atoms with Crippen LogP contribution in [0.1, 0.15) is 48.5 Å². The maximum absolute atomic E-state index is 11.2. The average Bonchev–Trinajstić information content (AvgIpc) is 2.46. The van der Waals surface area contributed by atoms with Gasteiger partial charge in [0.2, 0.25) is 11.0 Å². The highest BCUT2D eigenvalue weighted by atomic mass is 32.1. The van der Waals surface area contributed by atoms with E-state index in [0.29, 0.717) is 12.1 Å². The molecule has 0 unspecified atom stereocenters. The molecule has 0 aliphatic rings. The molecule has 0 radical (unpaired) electrons. The van der Waals surface area contributed by atoms with Gasteiger partial charge in [-0.15, -0.1) is 12.6 Å². The van der Waals surface area contributed by atoms with Gasteiger partial charge in [0.15, 0.2) is 0 Å². The summed E-state index contributed by atoms with van der Waals surface area (Å²) in [6.45, 7) is 13.5. The Morgan fingerprint density at radius 1 is 1.10 bits per heavy atom. The Bertz CT molecular complexity index is 355. The highest BCUT2D eigenvalue weighted by molar-refractivity contribution is 7.97. The van der Waals surface area contributed by atoms with Crippen LogP contribution in [0.2, 0.25) is 0 Å². The molecule has 0 spiro atoms. The molecule has 0 heterocycles. The maximum atomic E-state index is 11.2. The van der Waals surface area contributed by atoms with Crippen LogP contribution in [0.4, 0.5) is 0 Å². The standard InChI is InChI=1S/C12H17NO2S.2C2H6/c1-4-6-11(12(15)16)7-10(5-2)8-13-9(3)14;2*1-2/h4-7H,8H2,1-3H3,(H,13,14)(H,15,16);2*1-2H3/b6-4-,10-5+,11-7+;;. The number of allylic oxidation sites excluding steroid dienone is 3. The van der Waals surface area contributed by atoms with Crippen LogP contribution in [0.5, 0.6) is 0 Å². The summed E-state index contributed by atoms with van der Waals surface area (Å²) in [5, 5.41) is 2.38. The largest absolute Gasteiger partial charge is 0.352 e. The second-order valence-electron chi connectivity index (χ2n) is 3.18. The van der Waals surface area contributed by atoms with Crippen molar-refractivity contribution >= 4 is 23.7 Å². The van der Waals surface area contributed by atoms with Crippen LogP contribution < -0.4 is 5.32 Å². The number of rotatable bonds is 5. The van der Waals surface area contributed by atoms with E-state index in [1.54, 1.807) is 18.2 Å². The molecule has 0 aromatic carbocycles. The Morgan fingerprint density at radius 2 is 1.60 bits per heavy atom. The number of nitrogens with one attached hydrogen (secondary N) is 1. The minimum Gasteiger partial charge on any atom is -0.352 e. The molecule has 4 heteroatoms. The van der Waals surface area contributed by atoms with E-state index >= 15 is 0 Å². The van der Waals surface area contributed by atoms with Crippen molar-refractivity contribution in [3.8, 4) is 0 Å². The normalized spacial score (nSPS) is 11.0. The number of hydrogen-bond acceptors (Lipinski definition) is 2. The van der Waals surface area contributed by atoms with E-state index in [4.69, 9.17) is 0 Å². The number of carbonyl (C=O) groups excluding carboxylic acids is 2. The molecule has 116 valence electrons. The Kier molecular flexibility index (Phi) is 21.1. The van der Waals surface area contributed by atoms with Gasteiger partial charge in [0, 0.05) is 19.0 Å². The molecule has 0 aliphatic carbocycles. The molecule has 3 nitrogen and oxygen atoms in total. The van der Waals surface area contributed by atoms with Crippen LogP contribution in [0.25, 0.3) is 0 Å². The lowest BCUT2D eigenvalue weighted by molar-refractivity contribution is -0.118. The zero-order valence-electron chi connectivity index (χ0n) is 13.8. The van der Waals surface area contributed by atoms with Crippen molar-refractivity contribution in [3.63, 3.8) is 0 Å². The van der Waals surface area contributed by atoms with Crippen molar-refractivity contribution in [1.82, 2.24) is 5.32 Å². The van der Waals surface area contributed by atoms with Gasteiger partial charge >= 0.3 is 0 Å². The zero-order chi connectivity index (χ0) is 16.6. The van der Waals surface area contributed by atoms with Crippen molar-refractivity contribution in [3.05, 3.63) is 35.5 Å². The van der Waals surface area contributed by atoms with E-state index in [1.165, 1.54) is 6.92 Å². The van der Waals surface area contributed by atoms with Crippen molar-refractivity contribution in [2.24, 2.45) is 0 Å². The molecule has 0 bridgehead atoms. The highest BCUT2D eigenvalue weighted by Crippen LogP contribution is 2.07. The quantitative estimate of drug-likeness (QED) is 0.456. The maximum Gasteiger partial charge on any atom is 0.217 e. The lowest BCUT2D eigenvalue weighted by Crippen LogP contribution is -2.22. The SMILES string of the molecule is CC.CC.C\C=C/C(=C\C(=C/C)CNC(C)=O)C(=O)S. The fourth-order valence-corrected chi connectivity index (χ4v) is 1.16. The second-order valence-corrected chi connectivity index (χ2v) is 3.58. The highest BCUT2D eigenvalue weighted by Gasteiger charge is 2.02. The molecule has 20 heavy (non-hydrogen) atoms. The smallest absolute Gasteiger partial charge is 0.217 e. The Hall–Kier alpha value is -1.29. The third-order valence-corrected chi connectivity index (χ3v) is 2.10. The minimum absolute atomic E-state index is 0.0995. The zero-order valence-corrected chi connectivity index (χ0v) is 14.7. The first-order valence-electron chi connectivity index (χ1n) is 6.98. The van der Waals surface area contributed by atoms with Gasteiger partial charge in [-0.05, 0) is 25.5 Å². The van der Waals surface area contributed by atoms with Gasteiger partial charge in [0.1, 0.15) is 0 Å². The van der Waals surface area contributed by atoms with Crippen LogP contribution in [0.3, 0.4) is 0 Å². The summed E-state index contributed by atoms with van der Waals surface area (Å²) in [6.07, 6.45) is 7.01. The van der Waals surface area contributed by atoms with Crippen LogP contribution >= 0.6 is 12.6 Å². The second kappa shape index (κ2) is 17.7. The van der Waals surface area contributed by atoms with Crippen molar-refractivity contribution in [1.29, 1.82) is 0 Å². The minimum atomic E-state index is -0.291. The first-order valence-corrected chi connectivity index (χ1v) is 7.43. The van der Waals surface area contributed by atoms with E-state index in [1.807, 2.05) is 47.6 Å². The number of thiol groups is 1. The van der Waals surface area contributed by atoms with E-state index in [-0.39, 0.29) is 11.0 Å². The molecule has 0 saturated heterocycles. The average molecular weight is 299 g/mol. The predicted octanol–water partition coefficient (Wildman–Crippen LogP) is 4.08. The third-order valence-electron chi connectivity index (χ3n) is 1.85. The van der Waals surface area contributed by atoms with Gasteiger partial charge < -0.3 is 5.32 Å². The van der Waals surface area contributed by atoms with Gasteiger partial charge in [-0.1, -0.05) is 45.9 Å². The Balaban J connectivity index is -0.000000656. The van der Waals surface area contributed by atoms with Gasteiger partial charge in [0.25, 0.3) is 0 Å². The molecular formula is C16H29NO2S. The van der Waals surface area contributed by atoms with Gasteiger partial charge in [0.05, 0.1) is 0 Å². The van der Waals surface area contributed by atoms with Crippen LogP contribution in [0.15, 0.2) is 35.5 Å². The van der Waals surface area contributed by atoms with E-state index in [0.717, 1.165) is 5.57 Å². The van der Waals surface area contributed by atoms with Gasteiger partial charge in [-0.2, -0.15) is 0 Å². The van der Waals surface area contributed by atoms with E-state index in [9.17, 15) is 9.59 Å². The third kappa shape index (κ3) is 14.8. The summed E-state index contributed by atoms with van der Waals surface area (Å²) in [7, 11) is 0. The van der Waals surface area contributed by atoms with Gasteiger partial charge in [-0.3, -0.25) is 9.59 Å². The molecule has 1 amide bonds. The summed E-state index contributed by atoms with van der Waals surface area (Å²) in [4.78, 5) is 21.9. The molecule has 0 fully saturated rings. The lowest BCUT2D eigenvalue weighted by atomic mass is 10.1. The molecule has 1 N–H and O–H groups in total. The Morgan fingerprint density at radius 3 is 1.90 bits per heavy atom. The lowest BCUT2D eigenvalue weighted by Gasteiger charge is -2.04. The Labute approximate surface area is 129 Å². The summed E-state index contributed by atoms with van der Waals surface area (Å²) < 4.78 is 0. The van der Waals surface area contributed by atoms with Crippen molar-refractivity contribution in [2.45, 2.75) is 48.5 Å². The van der Waals surface area contributed by atoms with E-state index < -0.39 is 0 Å². The molecule has 0 saturated carbocycles. The van der Waals surface area contributed by atoms with Crippen molar-refractivity contribution < 1.29 is 9.59 Å². The van der Waals surface area contributed by atoms with E-state index in [2.05, 4.69) is 17.9 Å². The van der Waals surface area contributed by atoms with Gasteiger partial charge in [-0.25, -0.2) is 0 Å². The molecule has 0 aliphatic heterocycles. The number of hydrogen-bond donors (Lipinski definition) is 2. The molecule has 0 atom stereocenters.